The van der Waals surface area contributed by atoms with Gasteiger partial charge in [-0.3, -0.25) is 0 Å². The van der Waals surface area contributed by atoms with Gasteiger partial charge in [-0.25, -0.2) is 0 Å². The lowest BCUT2D eigenvalue weighted by Gasteiger charge is -2.35. The lowest BCUT2D eigenvalue weighted by molar-refractivity contribution is 0.143. The van der Waals surface area contributed by atoms with E-state index < -0.39 is 0 Å². The lowest BCUT2D eigenvalue weighted by atomic mass is 9.97. The summed E-state index contributed by atoms with van der Waals surface area (Å²) in [7, 11) is 1.75. The van der Waals surface area contributed by atoms with Crippen LogP contribution in [-0.2, 0) is 11.3 Å². The Morgan fingerprint density at radius 2 is 2.33 bits per heavy atom. The molecule has 0 radical (unpaired) electrons. The molecule has 100 valence electrons. The van der Waals surface area contributed by atoms with Gasteiger partial charge in [0.15, 0.2) is 0 Å². The first-order valence-corrected chi connectivity index (χ1v) is 6.76. The molecule has 0 saturated carbocycles. The third-order valence-electron chi connectivity index (χ3n) is 3.51. The second-order valence-corrected chi connectivity index (χ2v) is 5.21. The molecular weight excluding hydrogens is 250 g/mol. The standard InChI is InChI=1S/C14H20ClNO2/c1-18-10-11-4-3-7-16(8-11)14-6-2-5-13(15)12(14)9-17/h2,5-6,11,17H,3-4,7-10H2,1H3. The lowest BCUT2D eigenvalue weighted by Crippen LogP contribution is -2.37. The fourth-order valence-electron chi connectivity index (χ4n) is 2.66. The summed E-state index contributed by atoms with van der Waals surface area (Å²) in [5, 5.41) is 10.1. The number of anilines is 1. The average Bonchev–Trinajstić information content (AvgIpc) is 2.39. The van der Waals surface area contributed by atoms with Crippen molar-refractivity contribution in [1.82, 2.24) is 0 Å². The number of halogens is 1. The minimum absolute atomic E-state index is 0.0134. The molecule has 1 heterocycles. The molecular formula is C14H20ClNO2. The largest absolute Gasteiger partial charge is 0.392 e. The molecule has 1 aliphatic heterocycles. The van der Waals surface area contributed by atoms with E-state index in [2.05, 4.69) is 4.90 Å². The summed E-state index contributed by atoms with van der Waals surface area (Å²) in [5.74, 6) is 0.564. The van der Waals surface area contributed by atoms with Gasteiger partial charge < -0.3 is 14.7 Å². The third kappa shape index (κ3) is 2.97. The van der Waals surface area contributed by atoms with Crippen molar-refractivity contribution in [3.8, 4) is 0 Å². The Labute approximate surface area is 113 Å². The van der Waals surface area contributed by atoms with Gasteiger partial charge in [-0.15, -0.1) is 0 Å². The van der Waals surface area contributed by atoms with Gasteiger partial charge in [-0.1, -0.05) is 17.7 Å². The van der Waals surface area contributed by atoms with E-state index in [-0.39, 0.29) is 6.61 Å². The molecule has 1 fully saturated rings. The van der Waals surface area contributed by atoms with Crippen LogP contribution in [0.15, 0.2) is 18.2 Å². The van der Waals surface area contributed by atoms with E-state index in [1.54, 1.807) is 7.11 Å². The summed E-state index contributed by atoms with van der Waals surface area (Å²) in [4.78, 5) is 2.31. The molecule has 1 atom stereocenters. The van der Waals surface area contributed by atoms with Crippen LogP contribution in [0.1, 0.15) is 18.4 Å². The predicted molar refractivity (Wildman–Crippen MR) is 74.2 cm³/mol. The van der Waals surface area contributed by atoms with E-state index in [0.29, 0.717) is 10.9 Å². The number of aliphatic hydroxyl groups is 1. The highest BCUT2D eigenvalue weighted by molar-refractivity contribution is 6.31. The highest BCUT2D eigenvalue weighted by Gasteiger charge is 2.22. The number of ether oxygens (including phenoxy) is 1. The van der Waals surface area contributed by atoms with E-state index in [0.717, 1.165) is 37.4 Å². The zero-order chi connectivity index (χ0) is 13.0. The minimum atomic E-state index is -0.0134. The van der Waals surface area contributed by atoms with Gasteiger partial charge in [0, 0.05) is 36.5 Å². The molecule has 4 heteroatoms. The second kappa shape index (κ2) is 6.41. The molecule has 0 aliphatic carbocycles. The molecule has 1 aromatic carbocycles. The molecule has 0 spiro atoms. The van der Waals surface area contributed by atoms with Crippen LogP contribution in [0, 0.1) is 5.92 Å². The van der Waals surface area contributed by atoms with Crippen molar-refractivity contribution in [3.63, 3.8) is 0 Å². The summed E-state index contributed by atoms with van der Waals surface area (Å²) in [6, 6.07) is 5.80. The highest BCUT2D eigenvalue weighted by Crippen LogP contribution is 2.30. The third-order valence-corrected chi connectivity index (χ3v) is 3.87. The number of piperidine rings is 1. The number of hydrogen-bond acceptors (Lipinski definition) is 3. The van der Waals surface area contributed by atoms with Crippen LogP contribution in [-0.4, -0.2) is 31.9 Å². The van der Waals surface area contributed by atoms with Crippen LogP contribution in [0.25, 0.3) is 0 Å². The maximum atomic E-state index is 9.46. The van der Waals surface area contributed by atoms with Crippen molar-refractivity contribution in [2.24, 2.45) is 5.92 Å². The Morgan fingerprint density at radius 3 is 3.06 bits per heavy atom. The summed E-state index contributed by atoms with van der Waals surface area (Å²) < 4.78 is 5.24. The van der Waals surface area contributed by atoms with Crippen molar-refractivity contribution < 1.29 is 9.84 Å². The van der Waals surface area contributed by atoms with Crippen molar-refractivity contribution in [3.05, 3.63) is 28.8 Å². The van der Waals surface area contributed by atoms with Crippen LogP contribution >= 0.6 is 11.6 Å². The van der Waals surface area contributed by atoms with E-state index in [1.807, 2.05) is 18.2 Å². The molecule has 1 unspecified atom stereocenters. The first-order chi connectivity index (χ1) is 8.76. The molecule has 1 aliphatic rings. The molecule has 18 heavy (non-hydrogen) atoms. The Kier molecular flexibility index (Phi) is 4.87. The SMILES string of the molecule is COCC1CCCN(c2cccc(Cl)c2CO)C1. The summed E-state index contributed by atoms with van der Waals surface area (Å²) in [5.41, 5.74) is 1.89. The maximum Gasteiger partial charge on any atom is 0.0716 e. The number of hydrogen-bond donors (Lipinski definition) is 1. The van der Waals surface area contributed by atoms with Crippen LogP contribution in [0.3, 0.4) is 0 Å². The molecule has 0 bridgehead atoms. The van der Waals surface area contributed by atoms with Crippen molar-refractivity contribution in [2.75, 3.05) is 31.7 Å². The Hall–Kier alpha value is -0.770. The molecule has 3 nitrogen and oxygen atoms in total. The zero-order valence-corrected chi connectivity index (χ0v) is 11.5. The van der Waals surface area contributed by atoms with E-state index in [4.69, 9.17) is 16.3 Å². The van der Waals surface area contributed by atoms with Gasteiger partial charge in [-0.05, 0) is 30.9 Å². The maximum absolute atomic E-state index is 9.46. The van der Waals surface area contributed by atoms with Crippen LogP contribution in [0.4, 0.5) is 5.69 Å². The fraction of sp³-hybridized carbons (Fsp3) is 0.571. The molecule has 1 aromatic rings. The number of methoxy groups -OCH3 is 1. The number of aliphatic hydroxyl groups excluding tert-OH is 1. The molecule has 0 amide bonds. The Balaban J connectivity index is 2.18. The molecule has 1 saturated heterocycles. The van der Waals surface area contributed by atoms with Crippen LogP contribution in [0.2, 0.25) is 5.02 Å². The van der Waals surface area contributed by atoms with Crippen LogP contribution < -0.4 is 4.90 Å². The van der Waals surface area contributed by atoms with Crippen molar-refractivity contribution >= 4 is 17.3 Å². The van der Waals surface area contributed by atoms with E-state index in [9.17, 15) is 5.11 Å². The topological polar surface area (TPSA) is 32.7 Å². The van der Waals surface area contributed by atoms with Gasteiger partial charge >= 0.3 is 0 Å². The average molecular weight is 270 g/mol. The van der Waals surface area contributed by atoms with Gasteiger partial charge in [0.25, 0.3) is 0 Å². The van der Waals surface area contributed by atoms with Crippen molar-refractivity contribution in [1.29, 1.82) is 0 Å². The van der Waals surface area contributed by atoms with Gasteiger partial charge in [0.05, 0.1) is 13.2 Å². The van der Waals surface area contributed by atoms with Gasteiger partial charge in [0.2, 0.25) is 0 Å². The quantitative estimate of drug-likeness (QED) is 0.912. The fourth-order valence-corrected chi connectivity index (χ4v) is 2.88. The minimum Gasteiger partial charge on any atom is -0.392 e. The number of nitrogens with zero attached hydrogens (tertiary/aromatic N) is 1. The Morgan fingerprint density at radius 1 is 1.50 bits per heavy atom. The summed E-state index contributed by atoms with van der Waals surface area (Å²) >= 11 is 6.13. The van der Waals surface area contributed by atoms with E-state index >= 15 is 0 Å². The first-order valence-electron chi connectivity index (χ1n) is 6.38. The number of benzene rings is 1. The smallest absolute Gasteiger partial charge is 0.0716 e. The van der Waals surface area contributed by atoms with Gasteiger partial charge in [0.1, 0.15) is 0 Å². The number of rotatable bonds is 4. The monoisotopic (exact) mass is 269 g/mol. The van der Waals surface area contributed by atoms with Crippen LogP contribution in [0.5, 0.6) is 0 Å². The normalized spacial score (nSPS) is 20.2. The molecule has 1 N–H and O–H groups in total. The second-order valence-electron chi connectivity index (χ2n) is 4.81. The molecule has 2 rings (SSSR count). The Bertz CT molecular complexity index is 395. The summed E-state index contributed by atoms with van der Waals surface area (Å²) in [6.45, 7) is 2.78. The first kappa shape index (κ1) is 13.7. The van der Waals surface area contributed by atoms with Crippen molar-refractivity contribution in [2.45, 2.75) is 19.4 Å². The molecule has 0 aromatic heterocycles. The van der Waals surface area contributed by atoms with E-state index in [1.165, 1.54) is 6.42 Å². The zero-order valence-electron chi connectivity index (χ0n) is 10.7. The summed E-state index contributed by atoms with van der Waals surface area (Å²) in [6.07, 6.45) is 2.37. The van der Waals surface area contributed by atoms with Gasteiger partial charge in [-0.2, -0.15) is 0 Å². The highest BCUT2D eigenvalue weighted by atomic mass is 35.5. The predicted octanol–water partition coefficient (Wildman–Crippen LogP) is 2.70.